The molecule has 0 saturated heterocycles. The van der Waals surface area contributed by atoms with Crippen molar-refractivity contribution in [3.63, 3.8) is 0 Å². The van der Waals surface area contributed by atoms with Crippen LogP contribution in [0.3, 0.4) is 0 Å². The SMILES string of the molecule is CCCNC(C(CC)CC)C1(C)CCCC1. The molecule has 1 atom stereocenters. The van der Waals surface area contributed by atoms with E-state index in [-0.39, 0.29) is 0 Å². The quantitative estimate of drug-likeness (QED) is 0.678. The maximum atomic E-state index is 3.85. The van der Waals surface area contributed by atoms with E-state index in [1.54, 1.807) is 0 Å². The summed E-state index contributed by atoms with van der Waals surface area (Å²) in [4.78, 5) is 0. The summed E-state index contributed by atoms with van der Waals surface area (Å²) >= 11 is 0. The highest BCUT2D eigenvalue weighted by molar-refractivity contribution is 4.94. The van der Waals surface area contributed by atoms with Crippen LogP contribution in [0.1, 0.15) is 72.6 Å². The fourth-order valence-electron chi connectivity index (χ4n) is 3.54. The lowest BCUT2D eigenvalue weighted by atomic mass is 9.73. The van der Waals surface area contributed by atoms with Crippen molar-refractivity contribution < 1.29 is 0 Å². The van der Waals surface area contributed by atoms with Crippen LogP contribution in [0.25, 0.3) is 0 Å². The Morgan fingerprint density at radius 3 is 2.06 bits per heavy atom. The fraction of sp³-hybridized carbons (Fsp3) is 1.00. The summed E-state index contributed by atoms with van der Waals surface area (Å²) in [6, 6.07) is 0.755. The first-order valence-corrected chi connectivity index (χ1v) is 7.41. The van der Waals surface area contributed by atoms with Gasteiger partial charge in [-0.25, -0.2) is 0 Å². The molecule has 0 aromatic carbocycles. The summed E-state index contributed by atoms with van der Waals surface area (Å²) in [5.41, 5.74) is 0.575. The van der Waals surface area contributed by atoms with Crippen LogP contribution < -0.4 is 5.32 Å². The van der Waals surface area contributed by atoms with Crippen molar-refractivity contribution >= 4 is 0 Å². The second-order valence-electron chi connectivity index (χ2n) is 5.87. The molecular weight excluding hydrogens is 194 g/mol. The Morgan fingerprint density at radius 1 is 1.06 bits per heavy atom. The summed E-state index contributed by atoms with van der Waals surface area (Å²) in [5, 5.41) is 3.85. The highest BCUT2D eigenvalue weighted by Crippen LogP contribution is 2.44. The molecule has 0 radical (unpaired) electrons. The molecule has 0 bridgehead atoms. The Kier molecular flexibility index (Phi) is 5.82. The van der Waals surface area contributed by atoms with E-state index in [1.165, 1.54) is 51.5 Å². The van der Waals surface area contributed by atoms with Gasteiger partial charge >= 0.3 is 0 Å². The molecule has 96 valence electrons. The third-order valence-corrected chi connectivity index (χ3v) is 4.63. The average molecular weight is 225 g/mol. The van der Waals surface area contributed by atoms with Gasteiger partial charge < -0.3 is 5.32 Å². The lowest BCUT2D eigenvalue weighted by Gasteiger charge is -2.40. The molecule has 1 heteroatoms. The third kappa shape index (κ3) is 3.23. The van der Waals surface area contributed by atoms with E-state index < -0.39 is 0 Å². The molecule has 0 spiro atoms. The second-order valence-corrected chi connectivity index (χ2v) is 5.87. The van der Waals surface area contributed by atoms with Crippen LogP contribution in [0.2, 0.25) is 0 Å². The van der Waals surface area contributed by atoms with Gasteiger partial charge in [-0.2, -0.15) is 0 Å². The molecule has 1 aliphatic carbocycles. The Hall–Kier alpha value is -0.0400. The molecule has 1 aliphatic rings. The minimum absolute atomic E-state index is 0.575. The highest BCUT2D eigenvalue weighted by Gasteiger charge is 2.39. The summed E-state index contributed by atoms with van der Waals surface area (Å²) in [7, 11) is 0. The van der Waals surface area contributed by atoms with Crippen molar-refractivity contribution in [1.82, 2.24) is 5.32 Å². The molecule has 1 rings (SSSR count). The van der Waals surface area contributed by atoms with Crippen LogP contribution >= 0.6 is 0 Å². The van der Waals surface area contributed by atoms with E-state index in [1.807, 2.05) is 0 Å². The Bertz CT molecular complexity index is 178. The van der Waals surface area contributed by atoms with E-state index in [9.17, 15) is 0 Å². The monoisotopic (exact) mass is 225 g/mol. The van der Waals surface area contributed by atoms with E-state index >= 15 is 0 Å². The van der Waals surface area contributed by atoms with Crippen LogP contribution in [0.4, 0.5) is 0 Å². The van der Waals surface area contributed by atoms with E-state index in [0.29, 0.717) is 5.41 Å². The minimum atomic E-state index is 0.575. The van der Waals surface area contributed by atoms with Crippen LogP contribution in [-0.4, -0.2) is 12.6 Å². The molecule has 0 aliphatic heterocycles. The molecule has 0 amide bonds. The van der Waals surface area contributed by atoms with Crippen LogP contribution in [-0.2, 0) is 0 Å². The zero-order chi connectivity index (χ0) is 12.0. The molecular formula is C15H31N. The number of rotatable bonds is 7. The summed E-state index contributed by atoms with van der Waals surface area (Å²) in [5.74, 6) is 0.870. The lowest BCUT2D eigenvalue weighted by molar-refractivity contribution is 0.151. The van der Waals surface area contributed by atoms with Crippen molar-refractivity contribution in [1.29, 1.82) is 0 Å². The second kappa shape index (κ2) is 6.64. The maximum Gasteiger partial charge on any atom is 0.0149 e. The minimum Gasteiger partial charge on any atom is -0.313 e. The fourth-order valence-corrected chi connectivity index (χ4v) is 3.54. The van der Waals surface area contributed by atoms with Gasteiger partial charge in [-0.1, -0.05) is 53.4 Å². The van der Waals surface area contributed by atoms with E-state index in [2.05, 4.69) is 33.0 Å². The van der Waals surface area contributed by atoms with Gasteiger partial charge in [0.1, 0.15) is 0 Å². The van der Waals surface area contributed by atoms with Gasteiger partial charge in [0.15, 0.2) is 0 Å². The van der Waals surface area contributed by atoms with Crippen molar-refractivity contribution in [2.24, 2.45) is 11.3 Å². The molecule has 1 saturated carbocycles. The maximum absolute atomic E-state index is 3.85. The Morgan fingerprint density at radius 2 is 1.62 bits per heavy atom. The van der Waals surface area contributed by atoms with Crippen LogP contribution in [0.5, 0.6) is 0 Å². The predicted octanol–water partition coefficient (Wildman–Crippen LogP) is 4.37. The predicted molar refractivity (Wildman–Crippen MR) is 72.7 cm³/mol. The first-order valence-electron chi connectivity index (χ1n) is 7.41. The molecule has 0 heterocycles. The average Bonchev–Trinajstić information content (AvgIpc) is 2.72. The van der Waals surface area contributed by atoms with E-state index in [0.717, 1.165) is 12.0 Å². The van der Waals surface area contributed by atoms with E-state index in [4.69, 9.17) is 0 Å². The summed E-state index contributed by atoms with van der Waals surface area (Å²) in [6.07, 6.45) is 9.67. The normalized spacial score (nSPS) is 21.6. The summed E-state index contributed by atoms with van der Waals surface area (Å²) < 4.78 is 0. The van der Waals surface area contributed by atoms with Gasteiger partial charge in [0.25, 0.3) is 0 Å². The first kappa shape index (κ1) is 14.0. The summed E-state index contributed by atoms with van der Waals surface area (Å²) in [6.45, 7) is 10.7. The van der Waals surface area contributed by atoms with Gasteiger partial charge in [-0.3, -0.25) is 0 Å². The Balaban J connectivity index is 2.68. The molecule has 1 nitrogen and oxygen atoms in total. The molecule has 1 unspecified atom stereocenters. The van der Waals surface area contributed by atoms with Gasteiger partial charge in [0, 0.05) is 6.04 Å². The molecule has 0 aromatic heterocycles. The zero-order valence-corrected chi connectivity index (χ0v) is 11.8. The highest BCUT2D eigenvalue weighted by atomic mass is 14.9. The topological polar surface area (TPSA) is 12.0 Å². The van der Waals surface area contributed by atoms with Gasteiger partial charge in [-0.15, -0.1) is 0 Å². The van der Waals surface area contributed by atoms with Gasteiger partial charge in [0.2, 0.25) is 0 Å². The van der Waals surface area contributed by atoms with Crippen molar-refractivity contribution in [3.05, 3.63) is 0 Å². The zero-order valence-electron chi connectivity index (χ0n) is 11.8. The standard InChI is InChI=1S/C15H31N/c1-5-12-16-14(13(6-2)7-3)15(4)10-8-9-11-15/h13-14,16H,5-12H2,1-4H3. The van der Waals surface area contributed by atoms with Crippen molar-refractivity contribution in [3.8, 4) is 0 Å². The number of hydrogen-bond acceptors (Lipinski definition) is 1. The van der Waals surface area contributed by atoms with Crippen molar-refractivity contribution in [2.45, 2.75) is 78.7 Å². The smallest absolute Gasteiger partial charge is 0.0149 e. The van der Waals surface area contributed by atoms with Crippen LogP contribution in [0, 0.1) is 11.3 Å². The van der Waals surface area contributed by atoms with Crippen molar-refractivity contribution in [2.75, 3.05) is 6.54 Å². The molecule has 1 fully saturated rings. The van der Waals surface area contributed by atoms with Gasteiger partial charge in [0.05, 0.1) is 0 Å². The molecule has 1 N–H and O–H groups in total. The lowest BCUT2D eigenvalue weighted by Crippen LogP contribution is -2.47. The van der Waals surface area contributed by atoms with Gasteiger partial charge in [-0.05, 0) is 37.1 Å². The largest absolute Gasteiger partial charge is 0.313 e. The molecule has 16 heavy (non-hydrogen) atoms. The number of hydrogen-bond donors (Lipinski definition) is 1. The first-order chi connectivity index (χ1) is 7.68. The number of nitrogens with one attached hydrogen (secondary N) is 1. The molecule has 0 aromatic rings. The third-order valence-electron chi connectivity index (χ3n) is 4.63. The van der Waals surface area contributed by atoms with Crippen LogP contribution in [0.15, 0.2) is 0 Å². The Labute approximate surface area is 102 Å².